The third-order valence-electron chi connectivity index (χ3n) is 3.77. The monoisotopic (exact) mass is 366 g/mol. The van der Waals surface area contributed by atoms with Gasteiger partial charge >= 0.3 is 0 Å². The minimum absolute atomic E-state index is 0.0929. The summed E-state index contributed by atoms with van der Waals surface area (Å²) >= 11 is 0. The number of hydrogen-bond acceptors (Lipinski definition) is 6. The zero-order chi connectivity index (χ0) is 19.2. The van der Waals surface area contributed by atoms with E-state index in [1.54, 1.807) is 31.4 Å². The van der Waals surface area contributed by atoms with E-state index in [1.165, 1.54) is 24.3 Å². The second-order valence-electron chi connectivity index (χ2n) is 5.64. The molecule has 2 N–H and O–H groups in total. The summed E-state index contributed by atoms with van der Waals surface area (Å²) in [6.07, 6.45) is 2.79. The van der Waals surface area contributed by atoms with Crippen LogP contribution in [0.3, 0.4) is 0 Å². The van der Waals surface area contributed by atoms with Crippen molar-refractivity contribution in [3.63, 3.8) is 0 Å². The zero-order valence-electron chi connectivity index (χ0n) is 14.6. The van der Waals surface area contributed by atoms with Crippen LogP contribution < -0.4 is 9.47 Å². The van der Waals surface area contributed by atoms with E-state index in [-0.39, 0.29) is 23.7 Å². The van der Waals surface area contributed by atoms with Gasteiger partial charge in [0.15, 0.2) is 17.3 Å². The quantitative estimate of drug-likeness (QED) is 0.482. The first-order valence-corrected chi connectivity index (χ1v) is 8.16. The highest BCUT2D eigenvalue weighted by atomic mass is 16.5. The maximum absolute atomic E-state index is 12.1. The first-order valence-electron chi connectivity index (χ1n) is 8.16. The maximum Gasteiger partial charge on any atom is 0.189 e. The van der Waals surface area contributed by atoms with E-state index in [0.717, 1.165) is 6.07 Å². The molecule has 0 saturated heterocycles. The van der Waals surface area contributed by atoms with E-state index in [4.69, 9.17) is 13.9 Å². The molecule has 27 heavy (non-hydrogen) atoms. The number of hydrogen-bond donors (Lipinski definition) is 2. The lowest BCUT2D eigenvalue weighted by Crippen LogP contribution is -1.96. The zero-order valence-corrected chi connectivity index (χ0v) is 14.6. The summed E-state index contributed by atoms with van der Waals surface area (Å²) in [7, 11) is 1.57. The summed E-state index contributed by atoms with van der Waals surface area (Å²) in [5, 5.41) is 19.0. The van der Waals surface area contributed by atoms with Gasteiger partial charge in [-0.05, 0) is 48.6 Å². The van der Waals surface area contributed by atoms with Crippen molar-refractivity contribution in [2.75, 3.05) is 7.11 Å². The molecule has 0 atom stereocenters. The Hall–Kier alpha value is -3.67. The summed E-state index contributed by atoms with van der Waals surface area (Å²) in [5.41, 5.74) is 0.0929. The van der Waals surface area contributed by atoms with Gasteiger partial charge in [0, 0.05) is 6.07 Å². The molecule has 0 amide bonds. The molecule has 3 rings (SSSR count). The van der Waals surface area contributed by atoms with Crippen molar-refractivity contribution in [1.82, 2.24) is 0 Å². The molecule has 0 bridgehead atoms. The Morgan fingerprint density at radius 3 is 2.59 bits per heavy atom. The van der Waals surface area contributed by atoms with Gasteiger partial charge in [-0.1, -0.05) is 12.1 Å². The Bertz CT molecular complexity index is 970. The van der Waals surface area contributed by atoms with E-state index in [0.29, 0.717) is 23.0 Å². The number of carbonyl (C=O) groups is 1. The number of phenols is 2. The van der Waals surface area contributed by atoms with Crippen LogP contribution in [0, 0.1) is 0 Å². The van der Waals surface area contributed by atoms with Crippen LogP contribution in [0.5, 0.6) is 23.0 Å². The molecule has 6 nitrogen and oxygen atoms in total. The van der Waals surface area contributed by atoms with Crippen LogP contribution in [0.25, 0.3) is 6.08 Å². The van der Waals surface area contributed by atoms with Crippen LogP contribution in [-0.2, 0) is 6.61 Å². The Kier molecular flexibility index (Phi) is 5.47. The first kappa shape index (κ1) is 18.1. The Morgan fingerprint density at radius 1 is 1.07 bits per heavy atom. The smallest absolute Gasteiger partial charge is 0.189 e. The number of ether oxygens (including phenoxy) is 2. The SMILES string of the molecule is COc1ccccc1OCc1ccc(/C=C/C(=O)c2ccc(O)cc2O)o1. The number of phenolic OH excluding ortho intramolecular Hbond substituents is 2. The van der Waals surface area contributed by atoms with Crippen LogP contribution in [0.2, 0.25) is 0 Å². The van der Waals surface area contributed by atoms with Gasteiger partial charge in [-0.2, -0.15) is 0 Å². The minimum Gasteiger partial charge on any atom is -0.508 e. The van der Waals surface area contributed by atoms with Crippen LogP contribution in [0.15, 0.2) is 65.1 Å². The summed E-state index contributed by atoms with van der Waals surface area (Å²) < 4.78 is 16.5. The average molecular weight is 366 g/mol. The van der Waals surface area contributed by atoms with Crippen LogP contribution >= 0.6 is 0 Å². The largest absolute Gasteiger partial charge is 0.508 e. The number of rotatable bonds is 7. The van der Waals surface area contributed by atoms with Crippen molar-refractivity contribution in [1.29, 1.82) is 0 Å². The van der Waals surface area contributed by atoms with E-state index in [1.807, 2.05) is 12.1 Å². The predicted octanol–water partition coefficient (Wildman–Crippen LogP) is 4.17. The van der Waals surface area contributed by atoms with Gasteiger partial charge in [-0.3, -0.25) is 4.79 Å². The number of aromatic hydroxyl groups is 2. The maximum atomic E-state index is 12.1. The molecule has 0 aliphatic rings. The lowest BCUT2D eigenvalue weighted by molar-refractivity contribution is 0.104. The van der Waals surface area contributed by atoms with Crippen LogP contribution in [-0.4, -0.2) is 23.1 Å². The fraction of sp³-hybridized carbons (Fsp3) is 0.0952. The minimum atomic E-state index is -0.407. The number of carbonyl (C=O) groups excluding carboxylic acids is 1. The molecule has 0 radical (unpaired) electrons. The molecule has 3 aromatic rings. The Balaban J connectivity index is 1.63. The van der Waals surface area contributed by atoms with Gasteiger partial charge in [0.25, 0.3) is 0 Å². The summed E-state index contributed by atoms with van der Waals surface area (Å²) in [4.78, 5) is 12.1. The highest BCUT2D eigenvalue weighted by Gasteiger charge is 2.09. The molecule has 0 saturated carbocycles. The fourth-order valence-electron chi connectivity index (χ4n) is 2.42. The summed E-state index contributed by atoms with van der Waals surface area (Å²) in [6.45, 7) is 0.209. The standard InChI is InChI=1S/C21H18O6/c1-25-20-4-2-3-5-21(20)26-13-16-8-7-15(27-16)9-11-18(23)17-10-6-14(22)12-19(17)24/h2-12,22,24H,13H2,1H3/b11-9+. The van der Waals surface area contributed by atoms with E-state index >= 15 is 0 Å². The normalized spacial score (nSPS) is 10.9. The number of allylic oxidation sites excluding steroid dienone is 1. The molecule has 2 aromatic carbocycles. The highest BCUT2D eigenvalue weighted by Crippen LogP contribution is 2.27. The molecule has 138 valence electrons. The van der Waals surface area contributed by atoms with Crippen molar-refractivity contribution in [2.45, 2.75) is 6.61 Å². The van der Waals surface area contributed by atoms with Crippen molar-refractivity contribution in [3.8, 4) is 23.0 Å². The molecule has 1 aromatic heterocycles. The van der Waals surface area contributed by atoms with Gasteiger partial charge in [-0.15, -0.1) is 0 Å². The van der Waals surface area contributed by atoms with Crippen LogP contribution in [0.1, 0.15) is 21.9 Å². The summed E-state index contributed by atoms with van der Waals surface area (Å²) in [5.74, 6) is 1.49. The second-order valence-corrected chi connectivity index (χ2v) is 5.64. The predicted molar refractivity (Wildman–Crippen MR) is 99.2 cm³/mol. The average Bonchev–Trinajstić information content (AvgIpc) is 3.12. The molecule has 0 aliphatic carbocycles. The molecule has 6 heteroatoms. The first-order chi connectivity index (χ1) is 13.1. The third-order valence-corrected chi connectivity index (χ3v) is 3.77. The van der Waals surface area contributed by atoms with E-state index < -0.39 is 5.78 Å². The Labute approximate surface area is 155 Å². The van der Waals surface area contributed by atoms with Gasteiger partial charge in [0.2, 0.25) is 0 Å². The van der Waals surface area contributed by atoms with Gasteiger partial charge in [0.1, 0.15) is 29.6 Å². The molecule has 0 spiro atoms. The van der Waals surface area contributed by atoms with Crippen LogP contribution in [0.4, 0.5) is 0 Å². The molecule has 1 heterocycles. The number of methoxy groups -OCH3 is 1. The number of furan rings is 1. The number of benzene rings is 2. The third kappa shape index (κ3) is 4.49. The van der Waals surface area contributed by atoms with Crippen molar-refractivity contribution in [2.24, 2.45) is 0 Å². The van der Waals surface area contributed by atoms with Gasteiger partial charge < -0.3 is 24.1 Å². The highest BCUT2D eigenvalue weighted by molar-refractivity contribution is 6.08. The van der Waals surface area contributed by atoms with Crippen molar-refractivity contribution >= 4 is 11.9 Å². The van der Waals surface area contributed by atoms with Gasteiger partial charge in [-0.25, -0.2) is 0 Å². The van der Waals surface area contributed by atoms with E-state index in [9.17, 15) is 15.0 Å². The lowest BCUT2D eigenvalue weighted by Gasteiger charge is -2.08. The fourth-order valence-corrected chi connectivity index (χ4v) is 2.42. The Morgan fingerprint density at radius 2 is 1.85 bits per heavy atom. The second kappa shape index (κ2) is 8.14. The number of para-hydroxylation sites is 2. The van der Waals surface area contributed by atoms with Crippen molar-refractivity contribution in [3.05, 3.63) is 77.8 Å². The van der Waals surface area contributed by atoms with Crippen molar-refractivity contribution < 1.29 is 28.9 Å². The topological polar surface area (TPSA) is 89.1 Å². The van der Waals surface area contributed by atoms with Gasteiger partial charge in [0.05, 0.1) is 12.7 Å². The summed E-state index contributed by atoms with van der Waals surface area (Å²) in [6, 6.07) is 14.6. The molecular weight excluding hydrogens is 348 g/mol. The van der Waals surface area contributed by atoms with E-state index in [2.05, 4.69) is 0 Å². The molecular formula is C21H18O6. The number of ketones is 1. The molecule has 0 unspecified atom stereocenters. The lowest BCUT2D eigenvalue weighted by atomic mass is 10.1. The molecule has 0 fully saturated rings. The molecule has 0 aliphatic heterocycles.